The molecule has 0 saturated carbocycles. The first-order chi connectivity index (χ1) is 10.6. The van der Waals surface area contributed by atoms with Crippen LogP contribution in [0.2, 0.25) is 0 Å². The highest BCUT2D eigenvalue weighted by Gasteiger charge is 2.25. The fourth-order valence-corrected chi connectivity index (χ4v) is 3.60. The maximum Gasteiger partial charge on any atom is 0.271 e. The third kappa shape index (κ3) is 2.70. The highest BCUT2D eigenvalue weighted by atomic mass is 79.9. The van der Waals surface area contributed by atoms with Gasteiger partial charge in [0.25, 0.3) is 5.91 Å². The van der Waals surface area contributed by atoms with E-state index in [4.69, 9.17) is 0 Å². The van der Waals surface area contributed by atoms with Gasteiger partial charge in [0.15, 0.2) is 0 Å². The molecule has 116 valence electrons. The molecule has 1 aliphatic rings. The molecule has 1 aliphatic carbocycles. The van der Waals surface area contributed by atoms with Crippen LogP contribution in [0, 0.1) is 6.92 Å². The van der Waals surface area contributed by atoms with Gasteiger partial charge in [-0.1, -0.05) is 24.3 Å². The maximum atomic E-state index is 12.7. The second-order valence-corrected chi connectivity index (χ2v) is 6.47. The van der Waals surface area contributed by atoms with Crippen LogP contribution in [0.4, 0.5) is 0 Å². The van der Waals surface area contributed by atoms with Gasteiger partial charge in [-0.2, -0.15) is 5.10 Å². The van der Waals surface area contributed by atoms with Gasteiger partial charge in [-0.15, -0.1) is 0 Å². The Balaban J connectivity index is 1.87. The average Bonchev–Trinajstić information content (AvgIpc) is 2.82. The van der Waals surface area contributed by atoms with Crippen LogP contribution in [0.3, 0.4) is 0 Å². The Labute approximate surface area is 139 Å². The van der Waals surface area contributed by atoms with E-state index in [1.807, 2.05) is 19.9 Å². The lowest BCUT2D eigenvalue weighted by Crippen LogP contribution is -2.32. The number of carbonyl (C=O) groups excluding carboxylic acids is 1. The maximum absolute atomic E-state index is 12.7. The number of hydrogen-bond acceptors (Lipinski definition) is 2. The summed E-state index contributed by atoms with van der Waals surface area (Å²) in [7, 11) is 0. The molecule has 0 saturated heterocycles. The topological polar surface area (TPSA) is 46.9 Å². The Morgan fingerprint density at radius 3 is 3.00 bits per heavy atom. The summed E-state index contributed by atoms with van der Waals surface area (Å²) >= 11 is 3.49. The van der Waals surface area contributed by atoms with Crippen molar-refractivity contribution in [3.8, 4) is 0 Å². The Hall–Kier alpha value is -1.62. The van der Waals surface area contributed by atoms with E-state index >= 15 is 0 Å². The first kappa shape index (κ1) is 15.3. The van der Waals surface area contributed by atoms with Gasteiger partial charge in [-0.25, -0.2) is 0 Å². The lowest BCUT2D eigenvalue weighted by Gasteiger charge is -2.26. The largest absolute Gasteiger partial charge is 0.344 e. The molecule has 5 heteroatoms. The van der Waals surface area contributed by atoms with Crippen molar-refractivity contribution >= 4 is 21.8 Å². The highest BCUT2D eigenvalue weighted by Crippen LogP contribution is 2.30. The van der Waals surface area contributed by atoms with Crippen molar-refractivity contribution in [2.45, 2.75) is 45.7 Å². The standard InChI is InChI=1S/C17H20BrN3O/c1-3-21-16(15(18)11(2)20-21)17(22)19-14-10-6-8-12-7-4-5-9-13(12)14/h4-5,7,9,14H,3,6,8,10H2,1-2H3,(H,19,22). The Bertz CT molecular complexity index is 708. The molecule has 1 N–H and O–H groups in total. The van der Waals surface area contributed by atoms with Crippen molar-refractivity contribution in [2.24, 2.45) is 0 Å². The minimum atomic E-state index is -0.0592. The lowest BCUT2D eigenvalue weighted by atomic mass is 9.87. The van der Waals surface area contributed by atoms with E-state index in [0.29, 0.717) is 12.2 Å². The van der Waals surface area contributed by atoms with Crippen LogP contribution in [0.15, 0.2) is 28.7 Å². The number of rotatable bonds is 3. The molecule has 0 radical (unpaired) electrons. The quantitative estimate of drug-likeness (QED) is 0.903. The minimum absolute atomic E-state index is 0.0592. The smallest absolute Gasteiger partial charge is 0.271 e. The summed E-state index contributed by atoms with van der Waals surface area (Å²) in [5, 5.41) is 7.59. The molecule has 0 fully saturated rings. The fourth-order valence-electron chi connectivity index (χ4n) is 3.14. The molecule has 4 nitrogen and oxygen atoms in total. The monoisotopic (exact) mass is 361 g/mol. The van der Waals surface area contributed by atoms with Crippen LogP contribution in [0.1, 0.15) is 53.1 Å². The van der Waals surface area contributed by atoms with Crippen LogP contribution in [-0.4, -0.2) is 15.7 Å². The zero-order chi connectivity index (χ0) is 15.7. The van der Waals surface area contributed by atoms with Gasteiger partial charge in [0.05, 0.1) is 16.2 Å². The third-order valence-electron chi connectivity index (χ3n) is 4.24. The van der Waals surface area contributed by atoms with E-state index in [-0.39, 0.29) is 11.9 Å². The number of hydrogen-bond donors (Lipinski definition) is 1. The second kappa shape index (κ2) is 6.24. The van der Waals surface area contributed by atoms with Crippen molar-refractivity contribution < 1.29 is 4.79 Å². The van der Waals surface area contributed by atoms with Crippen LogP contribution in [0.5, 0.6) is 0 Å². The van der Waals surface area contributed by atoms with Gasteiger partial charge in [0.1, 0.15) is 5.69 Å². The van der Waals surface area contributed by atoms with Gasteiger partial charge in [-0.3, -0.25) is 9.48 Å². The number of nitrogens with zero attached hydrogens (tertiary/aromatic N) is 2. The molecule has 0 bridgehead atoms. The molecule has 2 aromatic rings. The van der Waals surface area contributed by atoms with Crippen molar-refractivity contribution in [2.75, 3.05) is 0 Å². The van der Waals surface area contributed by atoms with Crippen LogP contribution in [-0.2, 0) is 13.0 Å². The van der Waals surface area contributed by atoms with E-state index in [2.05, 4.69) is 44.5 Å². The molecule has 0 aliphatic heterocycles. The number of carbonyl (C=O) groups is 1. The number of aromatic nitrogens is 2. The van der Waals surface area contributed by atoms with Crippen LogP contribution in [0.25, 0.3) is 0 Å². The van der Waals surface area contributed by atoms with Gasteiger partial charge >= 0.3 is 0 Å². The molecule has 3 rings (SSSR count). The van der Waals surface area contributed by atoms with E-state index in [9.17, 15) is 4.79 Å². The molecular weight excluding hydrogens is 342 g/mol. The normalized spacial score (nSPS) is 17.1. The average molecular weight is 362 g/mol. The number of benzene rings is 1. The molecule has 1 aromatic carbocycles. The van der Waals surface area contributed by atoms with Crippen molar-refractivity contribution in [3.05, 3.63) is 51.3 Å². The van der Waals surface area contributed by atoms with Crippen molar-refractivity contribution in [1.82, 2.24) is 15.1 Å². The van der Waals surface area contributed by atoms with Crippen molar-refractivity contribution in [1.29, 1.82) is 0 Å². The summed E-state index contributed by atoms with van der Waals surface area (Å²) in [5.41, 5.74) is 4.05. The van der Waals surface area contributed by atoms with Crippen LogP contribution < -0.4 is 5.32 Å². The second-order valence-electron chi connectivity index (χ2n) is 5.68. The molecule has 22 heavy (non-hydrogen) atoms. The van der Waals surface area contributed by atoms with Gasteiger partial charge in [0.2, 0.25) is 0 Å². The molecule has 1 aromatic heterocycles. The minimum Gasteiger partial charge on any atom is -0.344 e. The van der Waals surface area contributed by atoms with E-state index in [1.165, 1.54) is 11.1 Å². The summed E-state index contributed by atoms with van der Waals surface area (Å²) in [6.45, 7) is 4.57. The third-order valence-corrected chi connectivity index (χ3v) is 5.19. The van der Waals surface area contributed by atoms with E-state index in [1.54, 1.807) is 4.68 Å². The summed E-state index contributed by atoms with van der Waals surface area (Å²) < 4.78 is 2.54. The molecule has 1 atom stereocenters. The van der Waals surface area contributed by atoms with Crippen LogP contribution >= 0.6 is 15.9 Å². The summed E-state index contributed by atoms with van der Waals surface area (Å²) in [6.07, 6.45) is 3.19. The number of fused-ring (bicyclic) bond motifs is 1. The highest BCUT2D eigenvalue weighted by molar-refractivity contribution is 9.10. The first-order valence-electron chi connectivity index (χ1n) is 7.73. The zero-order valence-corrected chi connectivity index (χ0v) is 14.5. The summed E-state index contributed by atoms with van der Waals surface area (Å²) in [6, 6.07) is 8.47. The first-order valence-corrected chi connectivity index (χ1v) is 8.52. The fraction of sp³-hybridized carbons (Fsp3) is 0.412. The SMILES string of the molecule is CCn1nc(C)c(Br)c1C(=O)NC1CCCc2ccccc21. The van der Waals surface area contributed by atoms with Gasteiger partial charge in [0, 0.05) is 6.54 Å². The van der Waals surface area contributed by atoms with Gasteiger partial charge in [-0.05, 0) is 60.2 Å². The van der Waals surface area contributed by atoms with E-state index < -0.39 is 0 Å². The molecule has 1 amide bonds. The number of halogens is 1. The summed E-state index contributed by atoms with van der Waals surface area (Å²) in [4.78, 5) is 12.7. The van der Waals surface area contributed by atoms with Crippen molar-refractivity contribution in [3.63, 3.8) is 0 Å². The Morgan fingerprint density at radius 2 is 2.23 bits per heavy atom. The molecular formula is C17H20BrN3O. The predicted molar refractivity (Wildman–Crippen MR) is 89.9 cm³/mol. The Morgan fingerprint density at radius 1 is 1.45 bits per heavy atom. The number of amides is 1. The van der Waals surface area contributed by atoms with Gasteiger partial charge < -0.3 is 5.32 Å². The molecule has 1 unspecified atom stereocenters. The molecule has 0 spiro atoms. The number of nitrogens with one attached hydrogen (secondary N) is 1. The van der Waals surface area contributed by atoms with E-state index in [0.717, 1.165) is 29.4 Å². The zero-order valence-electron chi connectivity index (χ0n) is 12.9. The summed E-state index contributed by atoms with van der Waals surface area (Å²) in [5.74, 6) is -0.0592. The molecule has 1 heterocycles. The number of aryl methyl sites for hydroxylation is 3. The lowest BCUT2D eigenvalue weighted by molar-refractivity contribution is 0.0921. The predicted octanol–water partition coefficient (Wildman–Crippen LogP) is 3.78. The Kier molecular flexibility index (Phi) is 4.34.